The minimum absolute atomic E-state index is 0.00977. The van der Waals surface area contributed by atoms with Gasteiger partial charge in [0.25, 0.3) is 0 Å². The summed E-state index contributed by atoms with van der Waals surface area (Å²) in [6, 6.07) is 9.81. The number of allylic oxidation sites excluding steroid dienone is 1. The minimum atomic E-state index is 0.00977. The van der Waals surface area contributed by atoms with Gasteiger partial charge in [-0.05, 0) is 31.6 Å². The van der Waals surface area contributed by atoms with Crippen molar-refractivity contribution in [1.29, 1.82) is 0 Å². The van der Waals surface area contributed by atoms with Crippen LogP contribution in [0.15, 0.2) is 41.4 Å². The highest BCUT2D eigenvalue weighted by Gasteiger charge is 2.26. The van der Waals surface area contributed by atoms with Crippen molar-refractivity contribution in [3.63, 3.8) is 0 Å². The maximum absolute atomic E-state index is 12.8. The van der Waals surface area contributed by atoms with Gasteiger partial charge in [-0.1, -0.05) is 29.8 Å². The zero-order valence-corrected chi connectivity index (χ0v) is 19.4. The smallest absolute Gasteiger partial charge is 0.247 e. The van der Waals surface area contributed by atoms with Crippen molar-refractivity contribution in [2.24, 2.45) is 4.99 Å². The minimum Gasteiger partial charge on any atom is -0.378 e. The van der Waals surface area contributed by atoms with E-state index in [1.54, 1.807) is 17.4 Å². The second kappa shape index (κ2) is 8.61. The molecular formula is C23H22ClN5O2S. The number of hydrogen-bond donors (Lipinski definition) is 0. The van der Waals surface area contributed by atoms with Gasteiger partial charge in [-0.15, -0.1) is 21.5 Å². The SMILES string of the molecule is CC(=CC(=O)N1CCOCC1)c1cc2c(s1)-n1c(C)nnc1CN=C2c1ccccc1Cl. The number of benzene rings is 1. The maximum atomic E-state index is 12.8. The summed E-state index contributed by atoms with van der Waals surface area (Å²) in [7, 11) is 0. The number of amides is 1. The van der Waals surface area contributed by atoms with E-state index in [4.69, 9.17) is 21.3 Å². The van der Waals surface area contributed by atoms with Gasteiger partial charge in [0.15, 0.2) is 5.82 Å². The van der Waals surface area contributed by atoms with Crippen LogP contribution in [0, 0.1) is 6.92 Å². The molecule has 1 amide bonds. The fraction of sp³-hybridized carbons (Fsp3) is 0.304. The van der Waals surface area contributed by atoms with Crippen LogP contribution in [0.2, 0.25) is 5.02 Å². The topological polar surface area (TPSA) is 72.6 Å². The number of thiophene rings is 1. The predicted octanol–water partition coefficient (Wildman–Crippen LogP) is 3.90. The first-order valence-electron chi connectivity index (χ1n) is 10.4. The normalized spacial score (nSPS) is 16.3. The molecule has 1 fully saturated rings. The monoisotopic (exact) mass is 467 g/mol. The second-order valence-corrected chi connectivity index (χ2v) is 9.18. The number of hydrogen-bond acceptors (Lipinski definition) is 6. The third kappa shape index (κ3) is 3.79. The van der Waals surface area contributed by atoms with Crippen LogP contribution in [0.25, 0.3) is 10.6 Å². The van der Waals surface area contributed by atoms with E-state index < -0.39 is 0 Å². The first-order valence-corrected chi connectivity index (χ1v) is 11.6. The van der Waals surface area contributed by atoms with Gasteiger partial charge in [0.1, 0.15) is 17.4 Å². The highest BCUT2D eigenvalue weighted by atomic mass is 35.5. The van der Waals surface area contributed by atoms with Gasteiger partial charge in [-0.3, -0.25) is 14.4 Å². The molecule has 1 saturated heterocycles. The van der Waals surface area contributed by atoms with E-state index in [9.17, 15) is 4.79 Å². The summed E-state index contributed by atoms with van der Waals surface area (Å²) < 4.78 is 7.41. The number of morpholine rings is 1. The quantitative estimate of drug-likeness (QED) is 0.547. The van der Waals surface area contributed by atoms with E-state index in [0.29, 0.717) is 37.9 Å². The summed E-state index contributed by atoms with van der Waals surface area (Å²) in [4.78, 5) is 20.4. The lowest BCUT2D eigenvalue weighted by molar-refractivity contribution is -0.129. The molecule has 164 valence electrons. The Morgan fingerprint density at radius 3 is 2.75 bits per heavy atom. The molecular weight excluding hydrogens is 446 g/mol. The van der Waals surface area contributed by atoms with Gasteiger partial charge in [-0.2, -0.15) is 0 Å². The Morgan fingerprint density at radius 1 is 1.19 bits per heavy atom. The highest BCUT2D eigenvalue weighted by molar-refractivity contribution is 7.16. The Bertz CT molecular complexity index is 1250. The lowest BCUT2D eigenvalue weighted by atomic mass is 10.0. The van der Waals surface area contributed by atoms with Crippen LogP contribution in [-0.2, 0) is 16.1 Å². The molecule has 0 bridgehead atoms. The van der Waals surface area contributed by atoms with E-state index in [1.165, 1.54) is 0 Å². The number of nitrogens with zero attached hydrogens (tertiary/aromatic N) is 5. The summed E-state index contributed by atoms with van der Waals surface area (Å²) >= 11 is 8.14. The number of aryl methyl sites for hydroxylation is 1. The van der Waals surface area contributed by atoms with Crippen LogP contribution in [0.4, 0.5) is 0 Å². The van der Waals surface area contributed by atoms with Crippen LogP contribution in [0.5, 0.6) is 0 Å². The summed E-state index contributed by atoms with van der Waals surface area (Å²) in [6.45, 7) is 6.73. The molecule has 0 spiro atoms. The van der Waals surface area contributed by atoms with E-state index in [1.807, 2.05) is 47.6 Å². The Kier molecular flexibility index (Phi) is 5.67. The molecule has 5 rings (SSSR count). The Balaban J connectivity index is 1.59. The first-order chi connectivity index (χ1) is 15.5. The van der Waals surface area contributed by atoms with Crippen LogP contribution in [-0.4, -0.2) is 57.6 Å². The number of carbonyl (C=O) groups excluding carboxylic acids is 1. The van der Waals surface area contributed by atoms with Crippen molar-refractivity contribution in [2.45, 2.75) is 20.4 Å². The lowest BCUT2D eigenvalue weighted by Crippen LogP contribution is -2.39. The molecule has 3 aromatic rings. The van der Waals surface area contributed by atoms with Crippen molar-refractivity contribution < 1.29 is 9.53 Å². The first kappa shape index (κ1) is 21.1. The number of aliphatic imine (C=N–C) groups is 1. The van der Waals surface area contributed by atoms with Gasteiger partial charge < -0.3 is 9.64 Å². The molecule has 0 aliphatic carbocycles. The third-order valence-corrected chi connectivity index (χ3v) is 7.21. The summed E-state index contributed by atoms with van der Waals surface area (Å²) in [5, 5.41) is 10.2. The van der Waals surface area contributed by atoms with Crippen molar-refractivity contribution in [2.75, 3.05) is 26.3 Å². The zero-order valence-electron chi connectivity index (χ0n) is 17.8. The molecule has 2 aliphatic heterocycles. The van der Waals surface area contributed by atoms with Crippen LogP contribution >= 0.6 is 22.9 Å². The number of carbonyl (C=O) groups is 1. The van der Waals surface area contributed by atoms with Crippen molar-refractivity contribution >= 4 is 40.1 Å². The molecule has 2 aliphatic rings. The molecule has 2 aromatic heterocycles. The Labute approximate surface area is 195 Å². The van der Waals surface area contributed by atoms with Crippen LogP contribution in [0.3, 0.4) is 0 Å². The van der Waals surface area contributed by atoms with E-state index in [-0.39, 0.29) is 5.91 Å². The molecule has 32 heavy (non-hydrogen) atoms. The van der Waals surface area contributed by atoms with Crippen LogP contribution < -0.4 is 0 Å². The van der Waals surface area contributed by atoms with Gasteiger partial charge in [0.2, 0.25) is 5.91 Å². The predicted molar refractivity (Wildman–Crippen MR) is 126 cm³/mol. The number of ether oxygens (including phenoxy) is 1. The Hall–Kier alpha value is -2.81. The molecule has 0 atom stereocenters. The summed E-state index contributed by atoms with van der Waals surface area (Å²) in [6.07, 6.45) is 1.71. The molecule has 9 heteroatoms. The number of fused-ring (bicyclic) bond motifs is 3. The fourth-order valence-electron chi connectivity index (χ4n) is 3.93. The Morgan fingerprint density at radius 2 is 1.97 bits per heavy atom. The largest absolute Gasteiger partial charge is 0.378 e. The second-order valence-electron chi connectivity index (χ2n) is 7.74. The molecule has 1 aromatic carbocycles. The van der Waals surface area contributed by atoms with Gasteiger partial charge >= 0.3 is 0 Å². The third-order valence-electron chi connectivity index (χ3n) is 5.62. The standard InChI is InChI=1S/C23H22ClN5O2S/c1-14(11-21(30)28-7-9-31-10-8-28)19-12-17-22(16-5-3-4-6-18(16)24)25-13-20-27-26-15(2)29(20)23(17)32-19/h3-6,11-12H,7-10,13H2,1-2H3. The number of aromatic nitrogens is 3. The van der Waals surface area contributed by atoms with E-state index in [0.717, 1.165) is 43.9 Å². The lowest BCUT2D eigenvalue weighted by Gasteiger charge is -2.25. The molecule has 0 radical (unpaired) electrons. The van der Waals surface area contributed by atoms with Gasteiger partial charge in [0, 0.05) is 40.2 Å². The van der Waals surface area contributed by atoms with E-state index in [2.05, 4.69) is 16.3 Å². The van der Waals surface area contributed by atoms with E-state index >= 15 is 0 Å². The van der Waals surface area contributed by atoms with Crippen LogP contribution in [0.1, 0.15) is 34.6 Å². The molecule has 0 saturated carbocycles. The molecule has 4 heterocycles. The molecule has 0 N–H and O–H groups in total. The van der Waals surface area contributed by atoms with Crippen molar-refractivity contribution in [3.8, 4) is 5.00 Å². The van der Waals surface area contributed by atoms with Gasteiger partial charge in [-0.25, -0.2) is 0 Å². The summed E-state index contributed by atoms with van der Waals surface area (Å²) in [5.74, 6) is 1.59. The molecule has 7 nitrogen and oxygen atoms in total. The average molecular weight is 468 g/mol. The van der Waals surface area contributed by atoms with Gasteiger partial charge in [0.05, 0.1) is 18.9 Å². The van der Waals surface area contributed by atoms with Crippen molar-refractivity contribution in [3.05, 3.63) is 69.1 Å². The fourth-order valence-corrected chi connectivity index (χ4v) is 5.36. The average Bonchev–Trinajstić information content (AvgIpc) is 3.35. The molecule has 0 unspecified atom stereocenters. The van der Waals surface area contributed by atoms with Crippen molar-refractivity contribution in [1.82, 2.24) is 19.7 Å². The number of halogens is 1. The highest BCUT2D eigenvalue weighted by Crippen LogP contribution is 2.37. The zero-order chi connectivity index (χ0) is 22.2. The summed E-state index contributed by atoms with van der Waals surface area (Å²) in [5.41, 5.74) is 3.57. The number of rotatable bonds is 3. The maximum Gasteiger partial charge on any atom is 0.247 e.